The van der Waals surface area contributed by atoms with E-state index in [2.05, 4.69) is 22.1 Å². The van der Waals surface area contributed by atoms with Gasteiger partial charge in [0.25, 0.3) is 0 Å². The number of nitrogens with zero attached hydrogens (tertiary/aromatic N) is 3. The molecule has 0 atom stereocenters. The maximum atomic E-state index is 12.7. The Morgan fingerprint density at radius 3 is 2.55 bits per heavy atom. The zero-order chi connectivity index (χ0) is 14.6. The normalized spacial score (nSPS) is 18.1. The molecule has 6 nitrogen and oxygen atoms in total. The van der Waals surface area contributed by atoms with Crippen LogP contribution in [0.25, 0.3) is 0 Å². The molecule has 2 heterocycles. The molecule has 1 N–H and O–H groups in total. The molecule has 1 fully saturated rings. The van der Waals surface area contributed by atoms with Gasteiger partial charge in [-0.25, -0.2) is 8.42 Å². The summed E-state index contributed by atoms with van der Waals surface area (Å²) in [5, 5.41) is 3.09. The van der Waals surface area contributed by atoms with Crippen LogP contribution in [0.2, 0.25) is 0 Å². The summed E-state index contributed by atoms with van der Waals surface area (Å²) in [5.41, 5.74) is 0.625. The maximum Gasteiger partial charge on any atom is 0.246 e. The summed E-state index contributed by atoms with van der Waals surface area (Å²) >= 11 is 0. The highest BCUT2D eigenvalue weighted by atomic mass is 32.2. The van der Waals surface area contributed by atoms with Gasteiger partial charge < -0.3 is 10.2 Å². The van der Waals surface area contributed by atoms with Gasteiger partial charge in [0.05, 0.1) is 5.69 Å². The van der Waals surface area contributed by atoms with E-state index in [1.807, 2.05) is 6.92 Å². The lowest BCUT2D eigenvalue weighted by molar-refractivity contribution is 0.196. The standard InChI is InChI=1S/C13H22N4O2S/c1-3-15-12-5-6-14-11-13(12)20(18,19)17-9-7-16(4-2)8-10-17/h5-6,11H,3-4,7-10H2,1-2H3,(H,14,15). The molecule has 0 aromatic carbocycles. The number of anilines is 1. The Labute approximate surface area is 120 Å². The summed E-state index contributed by atoms with van der Waals surface area (Å²) < 4.78 is 27.0. The number of hydrogen-bond acceptors (Lipinski definition) is 5. The first-order valence-corrected chi connectivity index (χ1v) is 8.44. The van der Waals surface area contributed by atoms with Crippen molar-refractivity contribution in [2.75, 3.05) is 44.6 Å². The number of likely N-dealkylation sites (N-methyl/N-ethyl adjacent to an activating group) is 1. The van der Waals surface area contributed by atoms with Crippen molar-refractivity contribution in [1.82, 2.24) is 14.2 Å². The van der Waals surface area contributed by atoms with Gasteiger partial charge in [0, 0.05) is 45.1 Å². The van der Waals surface area contributed by atoms with E-state index in [0.29, 0.717) is 25.3 Å². The fourth-order valence-electron chi connectivity index (χ4n) is 2.35. The molecule has 7 heteroatoms. The van der Waals surface area contributed by atoms with E-state index in [1.54, 1.807) is 16.6 Å². The molecular weight excluding hydrogens is 276 g/mol. The van der Waals surface area contributed by atoms with Gasteiger partial charge in [-0.2, -0.15) is 4.31 Å². The highest BCUT2D eigenvalue weighted by Crippen LogP contribution is 2.24. The SMILES string of the molecule is CCNc1ccncc1S(=O)(=O)N1CCN(CC)CC1. The smallest absolute Gasteiger partial charge is 0.246 e. The monoisotopic (exact) mass is 298 g/mol. The molecule has 1 saturated heterocycles. The summed E-state index contributed by atoms with van der Waals surface area (Å²) in [7, 11) is -3.46. The second-order valence-electron chi connectivity index (χ2n) is 4.74. The minimum absolute atomic E-state index is 0.270. The number of nitrogens with one attached hydrogen (secondary N) is 1. The third kappa shape index (κ3) is 3.11. The van der Waals surface area contributed by atoms with Crippen LogP contribution in [0.1, 0.15) is 13.8 Å². The van der Waals surface area contributed by atoms with E-state index in [1.165, 1.54) is 6.20 Å². The van der Waals surface area contributed by atoms with Gasteiger partial charge in [0.15, 0.2) is 0 Å². The molecule has 112 valence electrons. The van der Waals surface area contributed by atoms with Crippen molar-refractivity contribution in [3.05, 3.63) is 18.5 Å². The van der Waals surface area contributed by atoms with Gasteiger partial charge in [0.1, 0.15) is 4.90 Å². The first-order valence-electron chi connectivity index (χ1n) is 7.00. The summed E-state index contributed by atoms with van der Waals surface area (Å²) in [5.74, 6) is 0. The zero-order valence-electron chi connectivity index (χ0n) is 12.0. The van der Waals surface area contributed by atoms with Crippen LogP contribution < -0.4 is 5.32 Å². The first kappa shape index (κ1) is 15.2. The van der Waals surface area contributed by atoms with E-state index in [9.17, 15) is 8.42 Å². The summed E-state index contributed by atoms with van der Waals surface area (Å²) in [6, 6.07) is 1.71. The van der Waals surface area contributed by atoms with Crippen molar-refractivity contribution in [1.29, 1.82) is 0 Å². The average Bonchev–Trinajstić information content (AvgIpc) is 2.48. The molecule has 1 aromatic heterocycles. The largest absolute Gasteiger partial charge is 0.384 e. The minimum atomic E-state index is -3.46. The van der Waals surface area contributed by atoms with Crippen molar-refractivity contribution in [2.24, 2.45) is 0 Å². The second-order valence-corrected chi connectivity index (χ2v) is 6.65. The van der Waals surface area contributed by atoms with E-state index in [-0.39, 0.29) is 4.90 Å². The Morgan fingerprint density at radius 2 is 1.95 bits per heavy atom. The lowest BCUT2D eigenvalue weighted by atomic mass is 10.4. The van der Waals surface area contributed by atoms with Gasteiger partial charge in [-0.05, 0) is 19.5 Å². The summed E-state index contributed by atoms with van der Waals surface area (Å²) in [6.07, 6.45) is 3.03. The summed E-state index contributed by atoms with van der Waals surface area (Å²) in [4.78, 5) is 6.48. The molecule has 0 amide bonds. The van der Waals surface area contributed by atoms with Crippen LogP contribution in [0.15, 0.2) is 23.4 Å². The van der Waals surface area contributed by atoms with Crippen LogP contribution in [-0.2, 0) is 10.0 Å². The topological polar surface area (TPSA) is 65.5 Å². The molecule has 0 spiro atoms. The lowest BCUT2D eigenvalue weighted by Crippen LogP contribution is -2.48. The number of pyridine rings is 1. The summed E-state index contributed by atoms with van der Waals surface area (Å²) in [6.45, 7) is 8.32. The van der Waals surface area contributed by atoms with Gasteiger partial charge in [-0.1, -0.05) is 6.92 Å². The number of hydrogen-bond donors (Lipinski definition) is 1. The van der Waals surface area contributed by atoms with E-state index < -0.39 is 10.0 Å². The molecule has 0 radical (unpaired) electrons. The Morgan fingerprint density at radius 1 is 1.25 bits per heavy atom. The molecule has 1 aliphatic heterocycles. The van der Waals surface area contributed by atoms with Crippen LogP contribution in [0.5, 0.6) is 0 Å². The molecule has 1 aromatic rings. The third-order valence-corrected chi connectivity index (χ3v) is 5.47. The van der Waals surface area contributed by atoms with E-state index in [4.69, 9.17) is 0 Å². The van der Waals surface area contributed by atoms with E-state index in [0.717, 1.165) is 19.6 Å². The molecule has 1 aliphatic rings. The Balaban J connectivity index is 2.23. The highest BCUT2D eigenvalue weighted by Gasteiger charge is 2.29. The minimum Gasteiger partial charge on any atom is -0.384 e. The number of rotatable bonds is 5. The van der Waals surface area contributed by atoms with Gasteiger partial charge >= 0.3 is 0 Å². The van der Waals surface area contributed by atoms with Crippen LogP contribution in [0, 0.1) is 0 Å². The first-order chi connectivity index (χ1) is 9.59. The molecular formula is C13H22N4O2S. The Hall–Kier alpha value is -1.18. The molecule has 20 heavy (non-hydrogen) atoms. The van der Waals surface area contributed by atoms with Gasteiger partial charge in [-0.15, -0.1) is 0 Å². The van der Waals surface area contributed by atoms with Crippen molar-refractivity contribution in [3.8, 4) is 0 Å². The molecule has 0 aliphatic carbocycles. The Bertz CT molecular complexity index is 539. The molecule has 0 saturated carbocycles. The van der Waals surface area contributed by atoms with Crippen molar-refractivity contribution in [3.63, 3.8) is 0 Å². The fourth-order valence-corrected chi connectivity index (χ4v) is 3.88. The second kappa shape index (κ2) is 6.51. The molecule has 0 unspecified atom stereocenters. The lowest BCUT2D eigenvalue weighted by Gasteiger charge is -2.33. The van der Waals surface area contributed by atoms with Gasteiger partial charge in [-0.3, -0.25) is 4.98 Å². The van der Waals surface area contributed by atoms with Crippen LogP contribution in [0.4, 0.5) is 5.69 Å². The predicted molar refractivity (Wildman–Crippen MR) is 79.3 cm³/mol. The third-order valence-electron chi connectivity index (χ3n) is 3.55. The van der Waals surface area contributed by atoms with Crippen LogP contribution in [0.3, 0.4) is 0 Å². The number of aromatic nitrogens is 1. The fraction of sp³-hybridized carbons (Fsp3) is 0.615. The zero-order valence-corrected chi connectivity index (χ0v) is 12.9. The maximum absolute atomic E-state index is 12.7. The number of piperazine rings is 1. The van der Waals surface area contributed by atoms with E-state index >= 15 is 0 Å². The van der Waals surface area contributed by atoms with Crippen molar-refractivity contribution >= 4 is 15.7 Å². The number of sulfonamides is 1. The molecule has 2 rings (SSSR count). The van der Waals surface area contributed by atoms with Crippen molar-refractivity contribution < 1.29 is 8.42 Å². The average molecular weight is 298 g/mol. The predicted octanol–water partition coefficient (Wildman–Crippen LogP) is 0.840. The highest BCUT2D eigenvalue weighted by molar-refractivity contribution is 7.89. The van der Waals surface area contributed by atoms with Crippen LogP contribution >= 0.6 is 0 Å². The van der Waals surface area contributed by atoms with Crippen LogP contribution in [-0.4, -0.2) is 61.9 Å². The van der Waals surface area contributed by atoms with Crippen molar-refractivity contribution in [2.45, 2.75) is 18.7 Å². The quantitative estimate of drug-likeness (QED) is 0.872. The van der Waals surface area contributed by atoms with Gasteiger partial charge in [0.2, 0.25) is 10.0 Å². The molecule has 0 bridgehead atoms. The Kier molecular flexibility index (Phi) is 4.95.